The molecule has 18 heavy (non-hydrogen) atoms. The van der Waals surface area contributed by atoms with Crippen molar-refractivity contribution in [3.05, 3.63) is 64.7 Å². The molecule has 0 N–H and O–H groups in total. The molecule has 0 spiro atoms. The highest BCUT2D eigenvalue weighted by Gasteiger charge is 1.93. The highest BCUT2D eigenvalue weighted by Crippen LogP contribution is 2.15. The van der Waals surface area contributed by atoms with Gasteiger partial charge in [-0.2, -0.15) is 0 Å². The van der Waals surface area contributed by atoms with Crippen molar-refractivity contribution < 1.29 is 4.74 Å². The third-order valence-electron chi connectivity index (χ3n) is 2.83. The fourth-order valence-corrected chi connectivity index (χ4v) is 2.01. The summed E-state index contributed by atoms with van der Waals surface area (Å²) in [4.78, 5) is 0. The molecule has 0 saturated carbocycles. The van der Waals surface area contributed by atoms with Crippen molar-refractivity contribution in [1.29, 1.82) is 0 Å². The molecule has 0 heterocycles. The molecule has 0 atom stereocenters. The second-order valence-electron chi connectivity index (χ2n) is 4.53. The van der Waals surface area contributed by atoms with E-state index in [9.17, 15) is 0 Å². The van der Waals surface area contributed by atoms with Crippen molar-refractivity contribution in [2.75, 3.05) is 7.11 Å². The van der Waals surface area contributed by atoms with Crippen LogP contribution in [0.15, 0.2) is 42.5 Å². The van der Waals surface area contributed by atoms with E-state index in [0.717, 1.165) is 5.75 Å². The maximum absolute atomic E-state index is 5.14. The number of methoxy groups -OCH3 is 1. The standard InChI is InChI=1S/C17H18O/c1-13-10-14(2)12-16(11-13)5-4-15-6-8-17(18-3)9-7-15/h4-12H,1-3H3/b5-4+. The normalized spacial score (nSPS) is 10.8. The van der Waals surface area contributed by atoms with Crippen LogP contribution >= 0.6 is 0 Å². The molecular formula is C17H18O. The third kappa shape index (κ3) is 3.24. The topological polar surface area (TPSA) is 9.23 Å². The molecule has 92 valence electrons. The molecule has 2 aromatic carbocycles. The van der Waals surface area contributed by atoms with E-state index in [4.69, 9.17) is 4.74 Å². The van der Waals surface area contributed by atoms with Gasteiger partial charge in [-0.3, -0.25) is 0 Å². The minimum absolute atomic E-state index is 0.888. The zero-order valence-corrected chi connectivity index (χ0v) is 11.1. The number of benzene rings is 2. The maximum Gasteiger partial charge on any atom is 0.118 e. The highest BCUT2D eigenvalue weighted by atomic mass is 16.5. The van der Waals surface area contributed by atoms with E-state index < -0.39 is 0 Å². The lowest BCUT2D eigenvalue weighted by Gasteiger charge is -2.01. The lowest BCUT2D eigenvalue weighted by Crippen LogP contribution is -1.82. The average Bonchev–Trinajstić information content (AvgIpc) is 2.36. The van der Waals surface area contributed by atoms with E-state index >= 15 is 0 Å². The van der Waals surface area contributed by atoms with Gasteiger partial charge < -0.3 is 4.74 Å². The molecule has 0 radical (unpaired) electrons. The maximum atomic E-state index is 5.14. The first-order chi connectivity index (χ1) is 8.67. The molecule has 1 heteroatoms. The van der Waals surface area contributed by atoms with Crippen molar-refractivity contribution in [3.8, 4) is 5.75 Å². The van der Waals surface area contributed by atoms with E-state index in [2.05, 4.69) is 56.3 Å². The van der Waals surface area contributed by atoms with Gasteiger partial charge in [0, 0.05) is 0 Å². The van der Waals surface area contributed by atoms with E-state index in [1.165, 1.54) is 22.3 Å². The Balaban J connectivity index is 2.18. The van der Waals surface area contributed by atoms with Gasteiger partial charge in [0.15, 0.2) is 0 Å². The van der Waals surface area contributed by atoms with Gasteiger partial charge in [-0.05, 0) is 37.1 Å². The Morgan fingerprint density at radius 3 is 1.89 bits per heavy atom. The second-order valence-corrected chi connectivity index (χ2v) is 4.53. The van der Waals surface area contributed by atoms with Gasteiger partial charge in [0.05, 0.1) is 7.11 Å². The molecule has 1 nitrogen and oxygen atoms in total. The van der Waals surface area contributed by atoms with E-state index in [0.29, 0.717) is 0 Å². The van der Waals surface area contributed by atoms with Crippen LogP contribution in [0.3, 0.4) is 0 Å². The summed E-state index contributed by atoms with van der Waals surface area (Å²) in [6.07, 6.45) is 4.26. The second kappa shape index (κ2) is 5.54. The molecule has 0 saturated heterocycles. The summed E-state index contributed by atoms with van der Waals surface area (Å²) in [6.45, 7) is 4.25. The Hall–Kier alpha value is -2.02. The van der Waals surface area contributed by atoms with E-state index in [1.54, 1.807) is 7.11 Å². The van der Waals surface area contributed by atoms with Crippen LogP contribution < -0.4 is 4.74 Å². The number of hydrogen-bond acceptors (Lipinski definition) is 1. The molecule has 0 aliphatic rings. The summed E-state index contributed by atoms with van der Waals surface area (Å²) < 4.78 is 5.14. The average molecular weight is 238 g/mol. The first-order valence-corrected chi connectivity index (χ1v) is 6.08. The van der Waals surface area contributed by atoms with Crippen LogP contribution in [-0.4, -0.2) is 7.11 Å². The number of rotatable bonds is 3. The van der Waals surface area contributed by atoms with Crippen LogP contribution in [0.2, 0.25) is 0 Å². The van der Waals surface area contributed by atoms with Crippen molar-refractivity contribution >= 4 is 12.2 Å². The monoisotopic (exact) mass is 238 g/mol. The number of hydrogen-bond donors (Lipinski definition) is 0. The summed E-state index contributed by atoms with van der Waals surface area (Å²) in [6, 6.07) is 14.6. The fraction of sp³-hybridized carbons (Fsp3) is 0.176. The predicted molar refractivity (Wildman–Crippen MR) is 77.8 cm³/mol. The Kier molecular flexibility index (Phi) is 3.83. The van der Waals surface area contributed by atoms with Crippen LogP contribution in [-0.2, 0) is 0 Å². The van der Waals surface area contributed by atoms with Gasteiger partial charge in [-0.25, -0.2) is 0 Å². The number of ether oxygens (including phenoxy) is 1. The SMILES string of the molecule is COc1ccc(/C=C/c2cc(C)cc(C)c2)cc1. The molecule has 2 rings (SSSR count). The van der Waals surface area contributed by atoms with Gasteiger partial charge in [-0.1, -0.05) is 53.6 Å². The van der Waals surface area contributed by atoms with Crippen molar-refractivity contribution in [2.24, 2.45) is 0 Å². The van der Waals surface area contributed by atoms with E-state index in [1.807, 2.05) is 12.1 Å². The van der Waals surface area contributed by atoms with Gasteiger partial charge in [0.2, 0.25) is 0 Å². The van der Waals surface area contributed by atoms with Gasteiger partial charge >= 0.3 is 0 Å². The Morgan fingerprint density at radius 1 is 0.778 bits per heavy atom. The Bertz CT molecular complexity index is 530. The van der Waals surface area contributed by atoms with Crippen LogP contribution in [0.25, 0.3) is 12.2 Å². The van der Waals surface area contributed by atoms with Crippen molar-refractivity contribution in [2.45, 2.75) is 13.8 Å². The molecule has 0 bridgehead atoms. The summed E-state index contributed by atoms with van der Waals surface area (Å²) in [5, 5.41) is 0. The molecule has 2 aromatic rings. The molecule has 0 fully saturated rings. The minimum atomic E-state index is 0.888. The minimum Gasteiger partial charge on any atom is -0.497 e. The smallest absolute Gasteiger partial charge is 0.118 e. The summed E-state index contributed by atoms with van der Waals surface area (Å²) in [5.74, 6) is 0.888. The molecule has 0 aliphatic carbocycles. The third-order valence-corrected chi connectivity index (χ3v) is 2.83. The van der Waals surface area contributed by atoms with Crippen LogP contribution in [0, 0.1) is 13.8 Å². The fourth-order valence-electron chi connectivity index (χ4n) is 2.01. The van der Waals surface area contributed by atoms with Crippen molar-refractivity contribution in [3.63, 3.8) is 0 Å². The lowest BCUT2D eigenvalue weighted by atomic mass is 10.1. The first kappa shape index (κ1) is 12.4. The first-order valence-electron chi connectivity index (χ1n) is 6.08. The molecule has 0 amide bonds. The van der Waals surface area contributed by atoms with Crippen LogP contribution in [0.4, 0.5) is 0 Å². The van der Waals surface area contributed by atoms with Gasteiger partial charge in [0.1, 0.15) is 5.75 Å². The molecule has 0 unspecified atom stereocenters. The van der Waals surface area contributed by atoms with Gasteiger partial charge in [-0.15, -0.1) is 0 Å². The quantitative estimate of drug-likeness (QED) is 0.716. The summed E-state index contributed by atoms with van der Waals surface area (Å²) in [5.41, 5.74) is 5.01. The Morgan fingerprint density at radius 2 is 1.33 bits per heavy atom. The Labute approximate surface area is 109 Å². The molecule has 0 aromatic heterocycles. The number of aryl methyl sites for hydroxylation is 2. The largest absolute Gasteiger partial charge is 0.497 e. The highest BCUT2D eigenvalue weighted by molar-refractivity contribution is 5.70. The van der Waals surface area contributed by atoms with E-state index in [-0.39, 0.29) is 0 Å². The summed E-state index contributed by atoms with van der Waals surface area (Å²) in [7, 11) is 1.68. The van der Waals surface area contributed by atoms with Crippen LogP contribution in [0.1, 0.15) is 22.3 Å². The summed E-state index contributed by atoms with van der Waals surface area (Å²) >= 11 is 0. The van der Waals surface area contributed by atoms with Crippen molar-refractivity contribution in [1.82, 2.24) is 0 Å². The predicted octanol–water partition coefficient (Wildman–Crippen LogP) is 4.48. The van der Waals surface area contributed by atoms with Gasteiger partial charge in [0.25, 0.3) is 0 Å². The zero-order chi connectivity index (χ0) is 13.0. The molecular weight excluding hydrogens is 220 g/mol. The van der Waals surface area contributed by atoms with Crippen LogP contribution in [0.5, 0.6) is 5.75 Å². The zero-order valence-electron chi connectivity index (χ0n) is 11.1. The molecule has 0 aliphatic heterocycles. The lowest BCUT2D eigenvalue weighted by molar-refractivity contribution is 0.415.